The maximum atomic E-state index is 12.8. The minimum absolute atomic E-state index is 0.275. The minimum Gasteiger partial charge on any atom is -0.481 e. The van der Waals surface area contributed by atoms with Crippen LogP contribution in [0.5, 0.6) is 0 Å². The summed E-state index contributed by atoms with van der Waals surface area (Å²) in [6.45, 7) is 0. The SMILES string of the molecule is O=C(Nc1ccccc1-c1ccccc1)[C@@H]1[C@H](C(=O)O)[C@@H]2CC[C@H]1O2. The zero-order chi connectivity index (χ0) is 17.4. The van der Waals surface area contributed by atoms with E-state index in [-0.39, 0.29) is 18.1 Å². The summed E-state index contributed by atoms with van der Waals surface area (Å²) < 4.78 is 5.69. The van der Waals surface area contributed by atoms with E-state index in [9.17, 15) is 14.7 Å². The molecule has 0 aromatic heterocycles. The summed E-state index contributed by atoms with van der Waals surface area (Å²) in [6, 6.07) is 17.3. The van der Waals surface area contributed by atoms with Crippen LogP contribution in [0.2, 0.25) is 0 Å². The molecule has 0 radical (unpaired) electrons. The lowest BCUT2D eigenvalue weighted by atomic mass is 9.78. The van der Waals surface area contributed by atoms with Gasteiger partial charge < -0.3 is 15.2 Å². The van der Waals surface area contributed by atoms with Crippen LogP contribution in [0.3, 0.4) is 0 Å². The smallest absolute Gasteiger partial charge is 0.310 e. The second-order valence-corrected chi connectivity index (χ2v) is 6.58. The van der Waals surface area contributed by atoms with E-state index >= 15 is 0 Å². The second-order valence-electron chi connectivity index (χ2n) is 6.58. The summed E-state index contributed by atoms with van der Waals surface area (Å²) in [5.74, 6) is -2.63. The van der Waals surface area contributed by atoms with Gasteiger partial charge in [0.1, 0.15) is 0 Å². The number of carbonyl (C=O) groups excluding carboxylic acids is 1. The van der Waals surface area contributed by atoms with Crippen molar-refractivity contribution in [3.05, 3.63) is 54.6 Å². The van der Waals surface area contributed by atoms with E-state index in [4.69, 9.17) is 4.74 Å². The number of ether oxygens (including phenoxy) is 1. The van der Waals surface area contributed by atoms with Crippen molar-refractivity contribution >= 4 is 17.6 Å². The van der Waals surface area contributed by atoms with Crippen LogP contribution >= 0.6 is 0 Å². The number of benzene rings is 2. The summed E-state index contributed by atoms with van der Waals surface area (Å²) in [6.07, 6.45) is 0.816. The molecule has 2 aromatic carbocycles. The lowest BCUT2D eigenvalue weighted by Crippen LogP contribution is -2.41. The molecule has 1 amide bonds. The molecular weight excluding hydrogens is 318 g/mol. The number of fused-ring (bicyclic) bond motifs is 2. The Morgan fingerprint density at radius 3 is 2.28 bits per heavy atom. The number of para-hydroxylation sites is 1. The Labute approximate surface area is 145 Å². The zero-order valence-corrected chi connectivity index (χ0v) is 13.6. The first-order valence-corrected chi connectivity index (χ1v) is 8.49. The maximum absolute atomic E-state index is 12.8. The van der Waals surface area contributed by atoms with Crippen molar-refractivity contribution in [3.63, 3.8) is 0 Å². The van der Waals surface area contributed by atoms with Gasteiger partial charge in [-0.1, -0.05) is 48.5 Å². The van der Waals surface area contributed by atoms with Crippen LogP contribution in [0, 0.1) is 11.8 Å². The molecule has 2 heterocycles. The molecule has 2 aliphatic heterocycles. The summed E-state index contributed by atoms with van der Waals surface area (Å²) >= 11 is 0. The number of rotatable bonds is 4. The van der Waals surface area contributed by atoms with Crippen LogP contribution in [0.1, 0.15) is 12.8 Å². The number of aliphatic carboxylic acids is 1. The van der Waals surface area contributed by atoms with Crippen molar-refractivity contribution in [2.75, 3.05) is 5.32 Å². The number of carboxylic acid groups (broad SMARTS) is 1. The molecule has 2 aromatic rings. The van der Waals surface area contributed by atoms with Crippen LogP contribution in [0.4, 0.5) is 5.69 Å². The Kier molecular flexibility index (Phi) is 4.01. The summed E-state index contributed by atoms with van der Waals surface area (Å²) in [7, 11) is 0. The van der Waals surface area contributed by atoms with E-state index in [1.807, 2.05) is 54.6 Å². The molecule has 2 bridgehead atoms. The third-order valence-corrected chi connectivity index (χ3v) is 5.13. The third kappa shape index (κ3) is 2.81. The van der Waals surface area contributed by atoms with Gasteiger partial charge in [-0.25, -0.2) is 0 Å². The van der Waals surface area contributed by atoms with Crippen molar-refractivity contribution in [1.82, 2.24) is 0 Å². The van der Waals surface area contributed by atoms with E-state index in [1.165, 1.54) is 0 Å². The van der Waals surface area contributed by atoms with Crippen molar-refractivity contribution < 1.29 is 19.4 Å². The van der Waals surface area contributed by atoms with E-state index in [2.05, 4.69) is 5.32 Å². The number of hydrogen-bond donors (Lipinski definition) is 2. The highest BCUT2D eigenvalue weighted by molar-refractivity contribution is 5.99. The van der Waals surface area contributed by atoms with Crippen molar-refractivity contribution in [2.24, 2.45) is 11.8 Å². The van der Waals surface area contributed by atoms with Crippen LogP contribution in [0.25, 0.3) is 11.1 Å². The van der Waals surface area contributed by atoms with Crippen molar-refractivity contribution in [1.29, 1.82) is 0 Å². The van der Waals surface area contributed by atoms with E-state index in [0.717, 1.165) is 17.5 Å². The molecule has 2 N–H and O–H groups in total. The fraction of sp³-hybridized carbons (Fsp3) is 0.300. The van der Waals surface area contributed by atoms with Gasteiger partial charge in [0.15, 0.2) is 0 Å². The standard InChI is InChI=1S/C20H19NO4/c22-19(17-15-10-11-16(25-15)18(17)20(23)24)21-14-9-5-4-8-13(14)12-6-2-1-3-7-12/h1-9,15-18H,10-11H2,(H,21,22)(H,23,24)/t15-,16+,17+,18-/m1/s1. The average Bonchev–Trinajstić information content (AvgIpc) is 3.24. The zero-order valence-electron chi connectivity index (χ0n) is 13.6. The van der Waals surface area contributed by atoms with Gasteiger partial charge in [-0.3, -0.25) is 9.59 Å². The normalized spacial score (nSPS) is 27.2. The highest BCUT2D eigenvalue weighted by atomic mass is 16.5. The predicted molar refractivity (Wildman–Crippen MR) is 93.0 cm³/mol. The lowest BCUT2D eigenvalue weighted by Gasteiger charge is -2.24. The molecule has 2 saturated heterocycles. The van der Waals surface area contributed by atoms with Crippen molar-refractivity contribution in [3.8, 4) is 11.1 Å². The molecule has 4 atom stereocenters. The molecule has 2 aliphatic rings. The summed E-state index contributed by atoms with van der Waals surface area (Å²) in [5.41, 5.74) is 2.59. The molecule has 25 heavy (non-hydrogen) atoms. The van der Waals surface area contributed by atoms with Gasteiger partial charge in [0.25, 0.3) is 0 Å². The van der Waals surface area contributed by atoms with Crippen LogP contribution in [-0.4, -0.2) is 29.2 Å². The number of nitrogens with one attached hydrogen (secondary N) is 1. The monoisotopic (exact) mass is 337 g/mol. The average molecular weight is 337 g/mol. The van der Waals surface area contributed by atoms with Crippen molar-refractivity contribution in [2.45, 2.75) is 25.0 Å². The maximum Gasteiger partial charge on any atom is 0.310 e. The molecule has 0 unspecified atom stereocenters. The minimum atomic E-state index is -0.955. The largest absolute Gasteiger partial charge is 0.481 e. The van der Waals surface area contributed by atoms with Crippen LogP contribution < -0.4 is 5.32 Å². The molecule has 0 spiro atoms. The molecule has 5 heteroatoms. The highest BCUT2D eigenvalue weighted by Crippen LogP contribution is 2.44. The third-order valence-electron chi connectivity index (χ3n) is 5.13. The number of carboxylic acids is 1. The molecule has 2 fully saturated rings. The van der Waals surface area contributed by atoms with Crippen LogP contribution in [0.15, 0.2) is 54.6 Å². The number of carbonyl (C=O) groups is 2. The van der Waals surface area contributed by atoms with E-state index in [1.54, 1.807) is 0 Å². The first kappa shape index (κ1) is 15.8. The summed E-state index contributed by atoms with van der Waals surface area (Å²) in [5, 5.41) is 12.4. The Morgan fingerprint density at radius 2 is 1.56 bits per heavy atom. The number of amides is 1. The predicted octanol–water partition coefficient (Wildman–Crippen LogP) is 3.17. The molecule has 4 rings (SSSR count). The van der Waals surface area contributed by atoms with Gasteiger partial charge in [-0.05, 0) is 24.5 Å². The van der Waals surface area contributed by atoms with E-state index < -0.39 is 17.8 Å². The van der Waals surface area contributed by atoms with Gasteiger partial charge in [-0.2, -0.15) is 0 Å². The van der Waals surface area contributed by atoms with Gasteiger partial charge >= 0.3 is 5.97 Å². The highest BCUT2D eigenvalue weighted by Gasteiger charge is 2.55. The Morgan fingerprint density at radius 1 is 0.920 bits per heavy atom. The fourth-order valence-electron chi connectivity index (χ4n) is 4.00. The molecule has 5 nitrogen and oxygen atoms in total. The van der Waals surface area contributed by atoms with Gasteiger partial charge in [0.05, 0.1) is 24.0 Å². The van der Waals surface area contributed by atoms with Gasteiger partial charge in [-0.15, -0.1) is 0 Å². The molecular formula is C20H19NO4. The first-order chi connectivity index (χ1) is 12.1. The van der Waals surface area contributed by atoms with Gasteiger partial charge in [0, 0.05) is 11.3 Å². The number of anilines is 1. The molecule has 0 saturated carbocycles. The molecule has 128 valence electrons. The Balaban J connectivity index is 1.61. The summed E-state index contributed by atoms with van der Waals surface area (Å²) in [4.78, 5) is 24.4. The van der Waals surface area contributed by atoms with Gasteiger partial charge in [0.2, 0.25) is 5.91 Å². The number of hydrogen-bond acceptors (Lipinski definition) is 3. The fourth-order valence-corrected chi connectivity index (χ4v) is 4.00. The second kappa shape index (κ2) is 6.33. The van der Waals surface area contributed by atoms with E-state index in [0.29, 0.717) is 12.1 Å². The quantitative estimate of drug-likeness (QED) is 0.898. The van der Waals surface area contributed by atoms with Crippen LogP contribution in [-0.2, 0) is 14.3 Å². The lowest BCUT2D eigenvalue weighted by molar-refractivity contribution is -0.147. The Hall–Kier alpha value is -2.66. The molecule has 0 aliphatic carbocycles. The topological polar surface area (TPSA) is 75.6 Å². The Bertz CT molecular complexity index is 804. The first-order valence-electron chi connectivity index (χ1n) is 8.49.